The van der Waals surface area contributed by atoms with Crippen molar-refractivity contribution < 1.29 is 14.6 Å². The van der Waals surface area contributed by atoms with Gasteiger partial charge in [-0.05, 0) is 50.3 Å². The van der Waals surface area contributed by atoms with Crippen LogP contribution in [0.15, 0.2) is 72.8 Å². The smallest absolute Gasteiger partial charge is 0.309 e. The summed E-state index contributed by atoms with van der Waals surface area (Å²) in [6.45, 7) is 6.42. The summed E-state index contributed by atoms with van der Waals surface area (Å²) in [7, 11) is 1.40. The molecular weight excluding hydrogens is 464 g/mol. The molecule has 0 atom stereocenters. The van der Waals surface area contributed by atoms with Crippen LogP contribution in [0.3, 0.4) is 0 Å². The molecule has 1 N–H and O–H groups in total. The van der Waals surface area contributed by atoms with Crippen LogP contribution in [0, 0.1) is 20.8 Å². The summed E-state index contributed by atoms with van der Waals surface area (Å²) in [4.78, 5) is 10.8. The molecule has 3 aromatic rings. The fourth-order valence-corrected chi connectivity index (χ4v) is 3.15. The van der Waals surface area contributed by atoms with Gasteiger partial charge in [0.05, 0.1) is 13.5 Å². The van der Waals surface area contributed by atoms with Gasteiger partial charge in [0.2, 0.25) is 0 Å². The molecule has 3 aromatic carbocycles. The third-order valence-electron chi connectivity index (χ3n) is 4.72. The van der Waals surface area contributed by atoms with E-state index in [2.05, 4.69) is 70.9 Å². The second-order valence-corrected chi connectivity index (χ2v) is 8.42. The van der Waals surface area contributed by atoms with Crippen LogP contribution in [0.25, 0.3) is 0 Å². The van der Waals surface area contributed by atoms with Crippen molar-refractivity contribution in [3.05, 3.63) is 106 Å². The summed E-state index contributed by atoms with van der Waals surface area (Å²) < 4.78 is 4.55. The quantitative estimate of drug-likeness (QED) is 0.326. The summed E-state index contributed by atoms with van der Waals surface area (Å²) in [6, 6.07) is 24.7. The first-order valence-electron chi connectivity index (χ1n) is 10.8. The minimum Gasteiger partial charge on any atom is -0.469 e. The van der Waals surface area contributed by atoms with Crippen LogP contribution < -0.4 is 0 Å². The van der Waals surface area contributed by atoms with E-state index < -0.39 is 0 Å². The number of halogens is 1. The highest BCUT2D eigenvalue weighted by Crippen LogP contribution is 2.05. The van der Waals surface area contributed by atoms with Crippen LogP contribution in [-0.2, 0) is 28.8 Å². The predicted octanol–water partition coefficient (Wildman–Crippen LogP) is 6.17. The number of hydrogen-bond acceptors (Lipinski definition) is 3. The van der Waals surface area contributed by atoms with Crippen LogP contribution in [0.5, 0.6) is 0 Å². The summed E-state index contributed by atoms with van der Waals surface area (Å²) in [5.74, 6) is -0.196. The van der Waals surface area contributed by atoms with Crippen LogP contribution in [-0.4, -0.2) is 30.1 Å². The van der Waals surface area contributed by atoms with Crippen LogP contribution in [0.1, 0.15) is 33.4 Å². The summed E-state index contributed by atoms with van der Waals surface area (Å²) in [5, 5.41) is 9.64. The van der Waals surface area contributed by atoms with Crippen LogP contribution in [0.2, 0.25) is 0 Å². The second kappa shape index (κ2) is 16.2. The topological polar surface area (TPSA) is 46.5 Å². The lowest BCUT2D eigenvalue weighted by Gasteiger charge is -1.99. The largest absolute Gasteiger partial charge is 0.469 e. The van der Waals surface area contributed by atoms with Crippen molar-refractivity contribution in [3.63, 3.8) is 0 Å². The first-order valence-corrected chi connectivity index (χ1v) is 11.9. The number of aryl methyl sites for hydroxylation is 4. The van der Waals surface area contributed by atoms with Crippen molar-refractivity contribution in [2.24, 2.45) is 0 Å². The van der Waals surface area contributed by atoms with E-state index in [1.165, 1.54) is 34.9 Å². The van der Waals surface area contributed by atoms with Crippen LogP contribution >= 0.6 is 15.9 Å². The van der Waals surface area contributed by atoms with Gasteiger partial charge in [0, 0.05) is 11.9 Å². The zero-order valence-electron chi connectivity index (χ0n) is 19.6. The van der Waals surface area contributed by atoms with Crippen molar-refractivity contribution in [2.45, 2.75) is 40.0 Å². The van der Waals surface area contributed by atoms with E-state index in [0.717, 1.165) is 23.7 Å². The molecule has 4 heteroatoms. The van der Waals surface area contributed by atoms with E-state index in [1.54, 1.807) is 0 Å². The lowest BCUT2D eigenvalue weighted by molar-refractivity contribution is -0.139. The molecule has 0 amide bonds. The molecule has 0 unspecified atom stereocenters. The highest BCUT2D eigenvalue weighted by atomic mass is 79.9. The van der Waals surface area contributed by atoms with E-state index in [-0.39, 0.29) is 12.6 Å². The molecule has 32 heavy (non-hydrogen) atoms. The van der Waals surface area contributed by atoms with E-state index in [0.29, 0.717) is 6.42 Å². The van der Waals surface area contributed by atoms with Crippen molar-refractivity contribution >= 4 is 21.9 Å². The number of aliphatic hydroxyl groups is 1. The Hall–Kier alpha value is -2.43. The van der Waals surface area contributed by atoms with E-state index in [1.807, 2.05) is 43.3 Å². The molecule has 0 saturated heterocycles. The fourth-order valence-electron chi connectivity index (χ4n) is 2.69. The summed E-state index contributed by atoms with van der Waals surface area (Å²) in [5.41, 5.74) is 7.40. The maximum atomic E-state index is 10.8. The van der Waals surface area contributed by atoms with Crippen molar-refractivity contribution in [1.82, 2.24) is 0 Å². The SMILES string of the molecule is COC(=O)Cc1ccc(C)cc1.Cc1ccc(CCBr)cc1.Cc1ccc(CCO)cc1. The highest BCUT2D eigenvalue weighted by Gasteiger charge is 2.00. The molecule has 3 nitrogen and oxygen atoms in total. The van der Waals surface area contributed by atoms with Gasteiger partial charge in [-0.1, -0.05) is 105 Å². The number of alkyl halides is 1. The highest BCUT2D eigenvalue weighted by molar-refractivity contribution is 9.09. The Labute approximate surface area is 201 Å². The molecule has 172 valence electrons. The van der Waals surface area contributed by atoms with Gasteiger partial charge >= 0.3 is 5.97 Å². The Morgan fingerprint density at radius 2 is 1.09 bits per heavy atom. The third kappa shape index (κ3) is 12.4. The molecule has 0 saturated carbocycles. The zero-order chi connectivity index (χ0) is 23.8. The Morgan fingerprint density at radius 3 is 1.44 bits per heavy atom. The molecule has 3 rings (SSSR count). The Kier molecular flexibility index (Phi) is 14.0. The van der Waals surface area contributed by atoms with Gasteiger partial charge in [0.1, 0.15) is 0 Å². The van der Waals surface area contributed by atoms with Crippen molar-refractivity contribution in [1.29, 1.82) is 0 Å². The Bertz CT molecular complexity index is 838. The molecule has 0 aliphatic rings. The van der Waals surface area contributed by atoms with E-state index in [9.17, 15) is 4.79 Å². The molecular formula is C28H35BrO3. The van der Waals surface area contributed by atoms with E-state index in [4.69, 9.17) is 5.11 Å². The Morgan fingerprint density at radius 1 is 0.719 bits per heavy atom. The van der Waals surface area contributed by atoms with Crippen LogP contribution in [0.4, 0.5) is 0 Å². The maximum absolute atomic E-state index is 10.8. The lowest BCUT2D eigenvalue weighted by atomic mass is 10.1. The van der Waals surface area contributed by atoms with Gasteiger partial charge in [-0.15, -0.1) is 0 Å². The van der Waals surface area contributed by atoms with Crippen molar-refractivity contribution in [2.75, 3.05) is 19.0 Å². The molecule has 0 radical (unpaired) electrons. The van der Waals surface area contributed by atoms with Gasteiger partial charge in [-0.3, -0.25) is 4.79 Å². The second-order valence-electron chi connectivity index (χ2n) is 7.62. The average Bonchev–Trinajstić information content (AvgIpc) is 2.80. The molecule has 0 bridgehead atoms. The van der Waals surface area contributed by atoms with E-state index >= 15 is 0 Å². The average molecular weight is 499 g/mol. The standard InChI is InChI=1S/C10H12O2.C9H11Br.C9H12O/c1-8-3-5-9(6-4-8)7-10(11)12-2;2*1-8-2-4-9(5-3-8)6-7-10/h3-6H,7H2,1-2H3;2-5H,6-7H2,1H3;2-5,10H,6-7H2,1H3. The molecule has 0 aliphatic carbocycles. The number of rotatable bonds is 6. The normalized spacial score (nSPS) is 9.69. The van der Waals surface area contributed by atoms with Gasteiger partial charge in [-0.25, -0.2) is 0 Å². The number of carbonyl (C=O) groups is 1. The number of esters is 1. The predicted molar refractivity (Wildman–Crippen MR) is 138 cm³/mol. The summed E-state index contributed by atoms with van der Waals surface area (Å²) in [6.07, 6.45) is 2.25. The number of carbonyl (C=O) groups excluding carboxylic acids is 1. The number of ether oxygens (including phenoxy) is 1. The van der Waals surface area contributed by atoms with Gasteiger partial charge < -0.3 is 9.84 Å². The monoisotopic (exact) mass is 498 g/mol. The maximum Gasteiger partial charge on any atom is 0.309 e. The minimum absolute atomic E-state index is 0.196. The van der Waals surface area contributed by atoms with Crippen molar-refractivity contribution in [3.8, 4) is 0 Å². The first kappa shape index (κ1) is 27.6. The number of methoxy groups -OCH3 is 1. The van der Waals surface area contributed by atoms with Gasteiger partial charge in [-0.2, -0.15) is 0 Å². The number of hydrogen-bond donors (Lipinski definition) is 1. The molecule has 0 aliphatic heterocycles. The molecule has 0 fully saturated rings. The van der Waals surface area contributed by atoms with Gasteiger partial charge in [0.15, 0.2) is 0 Å². The molecule has 0 spiro atoms. The number of benzene rings is 3. The number of aliphatic hydroxyl groups excluding tert-OH is 1. The third-order valence-corrected chi connectivity index (χ3v) is 5.12. The fraction of sp³-hybridized carbons (Fsp3) is 0.321. The Balaban J connectivity index is 0.000000241. The summed E-state index contributed by atoms with van der Waals surface area (Å²) >= 11 is 3.40. The van der Waals surface area contributed by atoms with Gasteiger partial charge in [0.25, 0.3) is 0 Å². The molecule has 0 heterocycles. The zero-order valence-corrected chi connectivity index (χ0v) is 21.2. The first-order chi connectivity index (χ1) is 15.4. The molecule has 0 aromatic heterocycles. The minimum atomic E-state index is -0.196. The lowest BCUT2D eigenvalue weighted by Crippen LogP contribution is -2.03.